The molecule has 4 aliphatic heterocycles. The summed E-state index contributed by atoms with van der Waals surface area (Å²) in [5.74, 6) is -8.11. The van der Waals surface area contributed by atoms with Gasteiger partial charge in [0.25, 0.3) is 17.7 Å². The van der Waals surface area contributed by atoms with Crippen LogP contribution in [0.25, 0.3) is 33.4 Å². The molecule has 5 aromatic rings. The first-order chi connectivity index (χ1) is 60.3. The number of oxazole rings is 1. The summed E-state index contributed by atoms with van der Waals surface area (Å²) in [7, 11) is 3.06. The average molecular weight is 1750 g/mol. The smallest absolute Gasteiger partial charge is 0.407 e. The Morgan fingerprint density at radius 2 is 1.39 bits per heavy atom. The molecule has 0 spiro atoms. The normalized spacial score (nSPS) is 26.6. The molecule has 1 saturated carbocycles. The molecule has 2 aromatic carbocycles. The van der Waals surface area contributed by atoms with Gasteiger partial charge in [0, 0.05) is 83.1 Å². The molecule has 7 heterocycles. The first-order valence-corrected chi connectivity index (χ1v) is 43.8. The Kier molecular flexibility index (Phi) is 39.3. The molecule has 3 fully saturated rings. The fourth-order valence-corrected chi connectivity index (χ4v) is 16.5. The van der Waals surface area contributed by atoms with Crippen LogP contribution in [0.15, 0.2) is 94.7 Å². The van der Waals surface area contributed by atoms with Crippen molar-refractivity contribution in [3.63, 3.8) is 0 Å². The topological polar surface area (TPSA) is 466 Å². The number of hydrogen-bond donors (Lipinski definition) is 7. The molecule has 0 unspecified atom stereocenters. The van der Waals surface area contributed by atoms with E-state index in [4.69, 9.17) is 88.3 Å². The maximum Gasteiger partial charge on any atom is 0.407 e. The number of aliphatic hydroxyl groups is 3. The van der Waals surface area contributed by atoms with E-state index < -0.39 is 114 Å². The molecule has 3 aromatic heterocycles. The molecule has 10 N–H and O–H groups in total. The summed E-state index contributed by atoms with van der Waals surface area (Å²) in [5, 5.41) is 42.6. The van der Waals surface area contributed by atoms with Crippen LogP contribution in [0.1, 0.15) is 141 Å². The fourth-order valence-electron chi connectivity index (χ4n) is 16.5. The molecule has 10 rings (SSSR count). The standard InChI is InChI=1S/C90H129N11O24/c1-57-14-9-8-10-15-58(2)74(112-6)52-67-16-13-26-90(111,125-67)83(107)86(108)100-28-12-11-17-70(100)87(109)122-75(53-71(102)59(3)47-61(5)81(105)82(106)80(104)60(4)46-57)68(91)49-62-19-22-73(76(50-62)113-7)124-89(110)94-27-31-115-33-35-117-37-39-119-41-43-121-45-44-120-42-40-118-38-36-116-34-32-114-30-25-77(103)99-29-24-64-48-63(18-20-66(64)55-99)54-101-85-78(84(92)95-56-96-85)79(98-101)65-21-23-72-69(51-65)97-88(93)123-72/h8-10,14-15,18,20-21,23,47-48,51,56-57,59-60,62,67-68,70,73-76,81-82,105-106,111H,11-13,16-17,19,22,24-46,49-50,52-55,91H2,1-7H3,(H2,93,97)(H,94,110)(H2,92,95,96)/b10-8+,14-9+,58-15+,61-47+/t57-,59-,60-,62+,67+,68-,70+,73-,74+,75+,76-,81-,82+,90-/m1/s1. The second-order valence-electron chi connectivity index (χ2n) is 32.9. The van der Waals surface area contributed by atoms with Crippen molar-refractivity contribution in [3.05, 3.63) is 107 Å². The number of methoxy groups -OCH3 is 2. The number of Topliss-reactive ketones (excluding diaryl/α,β-unsaturated/α-hetero) is 3. The molecule has 2 saturated heterocycles. The van der Waals surface area contributed by atoms with E-state index in [1.165, 1.54) is 32.0 Å². The molecule has 35 nitrogen and oxygen atoms in total. The zero-order valence-corrected chi connectivity index (χ0v) is 73.2. The van der Waals surface area contributed by atoms with Crippen LogP contribution in [-0.2, 0) is 110 Å². The highest BCUT2D eigenvalue weighted by molar-refractivity contribution is 6.39. The minimum atomic E-state index is -2.47. The third-order valence-corrected chi connectivity index (χ3v) is 23.5. The van der Waals surface area contributed by atoms with Gasteiger partial charge in [-0.3, -0.25) is 24.0 Å². The molecule has 125 heavy (non-hydrogen) atoms. The van der Waals surface area contributed by atoms with Gasteiger partial charge in [0.15, 0.2) is 17.0 Å². The van der Waals surface area contributed by atoms with Crippen molar-refractivity contribution in [1.29, 1.82) is 0 Å². The summed E-state index contributed by atoms with van der Waals surface area (Å²) in [6, 6.07) is 9.67. The van der Waals surface area contributed by atoms with E-state index in [9.17, 15) is 48.9 Å². The number of carbonyl (C=O) groups is 7. The SMILES string of the molecule is CO[C@H]1C[C@@H]2CCC[C@@](O)(O2)C(=O)C(=O)N2CCCC[C@H]2C(=O)O[C@H]([C@H](N)C[C@@H]2CC[C@@H](OC(=O)NCCOCCOCCOCCOCCOCCOCCOCCOCCC(=O)N3CCc4cc(Cn5nc(-c6ccc7oc(N)nc7c6)c6c(N)ncnc65)ccc4C3)[C@H](OC)C2)CC(=O)[C@H](C)/C=C(\C)[C@@H](O)[C@@H](O)C(=O)[C@H](C)C[C@H](C)/C=C/C=C/C=C/1C. The van der Waals surface area contributed by atoms with Crippen molar-refractivity contribution in [1.82, 2.24) is 39.8 Å². The molecule has 3 amide bonds. The van der Waals surface area contributed by atoms with E-state index in [2.05, 4.69) is 38.5 Å². The number of fused-ring (bicyclic) bond motifs is 6. The zero-order chi connectivity index (χ0) is 89.4. The van der Waals surface area contributed by atoms with E-state index in [1.807, 2.05) is 65.9 Å². The number of alkyl carbamates (subject to hydrolysis) is 1. The summed E-state index contributed by atoms with van der Waals surface area (Å²) in [5.41, 5.74) is 26.7. The lowest BCUT2D eigenvalue weighted by Gasteiger charge is -2.40. The van der Waals surface area contributed by atoms with Crippen molar-refractivity contribution in [2.45, 2.75) is 205 Å². The maximum absolute atomic E-state index is 14.6. The monoisotopic (exact) mass is 1750 g/mol. The van der Waals surface area contributed by atoms with Crippen LogP contribution in [0.5, 0.6) is 0 Å². The van der Waals surface area contributed by atoms with E-state index in [0.29, 0.717) is 197 Å². The van der Waals surface area contributed by atoms with Crippen molar-refractivity contribution in [3.8, 4) is 11.3 Å². The summed E-state index contributed by atoms with van der Waals surface area (Å²) in [6.07, 6.45) is 9.14. The highest BCUT2D eigenvalue weighted by atomic mass is 16.6. The van der Waals surface area contributed by atoms with Crippen molar-refractivity contribution < 1.29 is 115 Å². The molecule has 2 bridgehead atoms. The Labute approximate surface area is 730 Å². The van der Waals surface area contributed by atoms with Crippen molar-refractivity contribution in [2.75, 3.05) is 151 Å². The predicted molar refractivity (Wildman–Crippen MR) is 460 cm³/mol. The van der Waals surface area contributed by atoms with Crippen LogP contribution >= 0.6 is 0 Å². The fraction of sp³-hybridized carbons (Fsp3) is 0.633. The molecule has 35 heteroatoms. The second-order valence-corrected chi connectivity index (χ2v) is 32.9. The third kappa shape index (κ3) is 29.3. The van der Waals surface area contributed by atoms with Gasteiger partial charge in [-0.1, -0.05) is 75.4 Å². The van der Waals surface area contributed by atoms with Gasteiger partial charge in [-0.15, -0.1) is 0 Å². The number of rotatable bonds is 36. The quantitative estimate of drug-likeness (QED) is 0.00920. The average Bonchev–Trinajstić information content (AvgIpc) is 1.65. The lowest BCUT2D eigenvalue weighted by Crippen LogP contribution is -2.58. The number of allylic oxidation sites excluding steroid dienone is 6. The number of benzene rings is 2. The highest BCUT2D eigenvalue weighted by Crippen LogP contribution is 2.38. The van der Waals surface area contributed by atoms with Crippen LogP contribution in [0, 0.1) is 23.7 Å². The lowest BCUT2D eigenvalue weighted by atomic mass is 9.80. The van der Waals surface area contributed by atoms with E-state index in [-0.39, 0.29) is 87.7 Å². The number of piperidine rings is 1. The van der Waals surface area contributed by atoms with Crippen LogP contribution in [-0.4, -0.2) is 291 Å². The summed E-state index contributed by atoms with van der Waals surface area (Å²) in [4.78, 5) is 113. The summed E-state index contributed by atoms with van der Waals surface area (Å²) >= 11 is 0. The Bertz CT molecular complexity index is 4460. The Morgan fingerprint density at radius 1 is 0.712 bits per heavy atom. The molecule has 14 atom stereocenters. The molecular weight excluding hydrogens is 1620 g/mol. The third-order valence-electron chi connectivity index (χ3n) is 23.5. The van der Waals surface area contributed by atoms with Crippen LogP contribution in [0.2, 0.25) is 0 Å². The van der Waals surface area contributed by atoms with E-state index in [1.54, 1.807) is 27.0 Å². The minimum Gasteiger partial charge on any atom is -0.459 e. The van der Waals surface area contributed by atoms with Gasteiger partial charge < -0.3 is 114 Å². The summed E-state index contributed by atoms with van der Waals surface area (Å²) < 4.78 is 82.1. The highest BCUT2D eigenvalue weighted by Gasteiger charge is 2.50. The van der Waals surface area contributed by atoms with E-state index in [0.717, 1.165) is 33.6 Å². The number of carbonyl (C=O) groups excluding carboxylic acids is 7. The van der Waals surface area contributed by atoms with Gasteiger partial charge in [0.2, 0.25) is 11.7 Å². The zero-order valence-electron chi connectivity index (χ0n) is 73.2. The second kappa shape index (κ2) is 50.0. The lowest BCUT2D eigenvalue weighted by molar-refractivity contribution is -0.245. The van der Waals surface area contributed by atoms with Crippen LogP contribution < -0.4 is 22.5 Å². The Hall–Kier alpha value is -8.89. The number of hydrogen-bond acceptors (Lipinski definition) is 31. The summed E-state index contributed by atoms with van der Waals surface area (Å²) in [6.45, 7) is 16.0. The largest absolute Gasteiger partial charge is 0.459 e. The number of aromatic nitrogens is 5. The first kappa shape index (κ1) is 98.3. The number of aliphatic hydroxyl groups excluding tert-OH is 2. The Morgan fingerprint density at radius 3 is 2.07 bits per heavy atom. The van der Waals surface area contributed by atoms with Gasteiger partial charge >= 0.3 is 12.1 Å². The number of cyclic esters (lactones) is 1. The number of esters is 1. The van der Waals surface area contributed by atoms with Gasteiger partial charge in [-0.2, -0.15) is 10.1 Å². The van der Waals surface area contributed by atoms with Crippen molar-refractivity contribution in [2.24, 2.45) is 29.4 Å². The number of nitrogens with zero attached hydrogens (tertiary/aromatic N) is 7. The number of ketones is 3. The number of nitrogens with one attached hydrogen (secondary N) is 1. The molecule has 5 aliphatic rings. The van der Waals surface area contributed by atoms with Gasteiger partial charge in [-0.05, 0) is 142 Å². The first-order valence-electron chi connectivity index (χ1n) is 43.8. The van der Waals surface area contributed by atoms with Crippen LogP contribution in [0.4, 0.5) is 16.6 Å². The molecule has 0 radical (unpaired) electrons. The number of ether oxygens (including phenoxy) is 13. The van der Waals surface area contributed by atoms with Crippen molar-refractivity contribution >= 4 is 75.2 Å². The van der Waals surface area contributed by atoms with Gasteiger partial charge in [0.1, 0.15) is 59.6 Å². The number of nitrogens with two attached hydrogens (primary N) is 3. The van der Waals surface area contributed by atoms with E-state index >= 15 is 0 Å². The molecular formula is C90H129N11O24. The molecule has 1 aliphatic carbocycles. The van der Waals surface area contributed by atoms with Gasteiger partial charge in [-0.25, -0.2) is 24.2 Å². The Balaban J connectivity index is 0.545. The number of anilines is 2. The number of nitrogen functional groups attached to an aromatic ring is 2. The minimum absolute atomic E-state index is 0.00307. The number of amides is 3. The van der Waals surface area contributed by atoms with Gasteiger partial charge in [0.05, 0.1) is 142 Å². The predicted octanol–water partition coefficient (Wildman–Crippen LogP) is 6.97. The maximum atomic E-state index is 14.6. The molecule has 688 valence electrons. The van der Waals surface area contributed by atoms with Crippen LogP contribution in [0.3, 0.4) is 0 Å².